The van der Waals surface area contributed by atoms with E-state index in [0.717, 1.165) is 23.3 Å². The number of aromatic nitrogens is 1. The van der Waals surface area contributed by atoms with E-state index in [0.29, 0.717) is 13.2 Å². The van der Waals surface area contributed by atoms with Gasteiger partial charge in [-0.25, -0.2) is 4.98 Å². The molecule has 1 aromatic heterocycles. The number of guanidine groups is 1. The number of ether oxygens (including phenoxy) is 1. The third-order valence-corrected chi connectivity index (χ3v) is 3.99. The van der Waals surface area contributed by atoms with Gasteiger partial charge in [0.05, 0.1) is 13.1 Å². The van der Waals surface area contributed by atoms with Crippen molar-refractivity contribution in [1.29, 1.82) is 0 Å². The van der Waals surface area contributed by atoms with Crippen molar-refractivity contribution in [3.8, 4) is 5.75 Å². The Balaban J connectivity index is 1.75. The van der Waals surface area contributed by atoms with E-state index in [2.05, 4.69) is 22.2 Å². The number of nitrogens with zero attached hydrogens (tertiary/aromatic N) is 3. The number of hydrogen-bond donors (Lipinski definition) is 1. The average molecular weight is 318 g/mol. The van der Waals surface area contributed by atoms with Crippen LogP contribution < -0.4 is 10.1 Å². The predicted octanol–water partition coefficient (Wildman–Crippen LogP) is 2.54. The fraction of sp³-hybridized carbons (Fsp3) is 0.375. The highest BCUT2D eigenvalue weighted by atomic mass is 32.1. The van der Waals surface area contributed by atoms with E-state index in [-0.39, 0.29) is 0 Å². The fourth-order valence-corrected chi connectivity index (χ4v) is 2.67. The predicted molar refractivity (Wildman–Crippen MR) is 91.6 cm³/mol. The van der Waals surface area contributed by atoms with Crippen LogP contribution in [0, 0.1) is 6.92 Å². The summed E-state index contributed by atoms with van der Waals surface area (Å²) in [6.45, 7) is 4.11. The molecule has 0 spiro atoms. The van der Waals surface area contributed by atoms with Crippen molar-refractivity contribution in [2.75, 3.05) is 27.2 Å². The Bertz CT molecular complexity index is 597. The molecule has 1 aromatic carbocycles. The second-order valence-electron chi connectivity index (χ2n) is 4.85. The minimum atomic E-state index is 0.609. The molecule has 5 nitrogen and oxygen atoms in total. The van der Waals surface area contributed by atoms with Gasteiger partial charge in [0.2, 0.25) is 0 Å². The molecule has 0 bridgehead atoms. The third-order valence-electron chi connectivity index (χ3n) is 3.08. The Hall–Kier alpha value is -2.08. The van der Waals surface area contributed by atoms with Gasteiger partial charge in [0.25, 0.3) is 0 Å². The lowest BCUT2D eigenvalue weighted by Gasteiger charge is -2.21. The molecule has 0 unspecified atom stereocenters. The standard InChI is InChI=1S/C16H22N4OS/c1-13-11-18-15(22-13)12-19-16(17-2)20(3)9-10-21-14-7-5-4-6-8-14/h4-8,11H,9-10,12H2,1-3H3,(H,17,19). The smallest absolute Gasteiger partial charge is 0.193 e. The van der Waals surface area contributed by atoms with E-state index < -0.39 is 0 Å². The highest BCUT2D eigenvalue weighted by Gasteiger charge is 2.07. The zero-order valence-corrected chi connectivity index (χ0v) is 14.1. The van der Waals surface area contributed by atoms with Gasteiger partial charge in [-0.15, -0.1) is 11.3 Å². The number of aliphatic imine (C=N–C) groups is 1. The minimum absolute atomic E-state index is 0.609. The summed E-state index contributed by atoms with van der Waals surface area (Å²) in [6.07, 6.45) is 1.89. The Morgan fingerprint density at radius 2 is 2.14 bits per heavy atom. The first-order valence-electron chi connectivity index (χ1n) is 7.20. The molecule has 0 saturated heterocycles. The van der Waals surface area contributed by atoms with Crippen molar-refractivity contribution in [1.82, 2.24) is 15.2 Å². The van der Waals surface area contributed by atoms with Crippen LogP contribution in [-0.2, 0) is 6.54 Å². The number of aryl methyl sites for hydroxylation is 1. The molecule has 0 amide bonds. The SMILES string of the molecule is CN=C(NCc1ncc(C)s1)N(C)CCOc1ccccc1. The van der Waals surface area contributed by atoms with Crippen molar-refractivity contribution in [2.45, 2.75) is 13.5 Å². The van der Waals surface area contributed by atoms with E-state index in [4.69, 9.17) is 4.74 Å². The molecule has 1 heterocycles. The molecule has 0 aliphatic heterocycles. The maximum atomic E-state index is 5.70. The van der Waals surface area contributed by atoms with Gasteiger partial charge in [-0.05, 0) is 19.1 Å². The number of thiazole rings is 1. The molecule has 0 radical (unpaired) electrons. The van der Waals surface area contributed by atoms with Gasteiger partial charge in [0, 0.05) is 25.2 Å². The molecular weight excluding hydrogens is 296 g/mol. The Kier molecular flexibility index (Phi) is 6.21. The van der Waals surface area contributed by atoms with Crippen molar-refractivity contribution in [3.05, 3.63) is 46.4 Å². The summed E-state index contributed by atoms with van der Waals surface area (Å²) in [6, 6.07) is 9.83. The minimum Gasteiger partial charge on any atom is -0.492 e. The Morgan fingerprint density at radius 3 is 2.77 bits per heavy atom. The van der Waals surface area contributed by atoms with Crippen molar-refractivity contribution in [2.24, 2.45) is 4.99 Å². The summed E-state index contributed by atoms with van der Waals surface area (Å²) in [7, 11) is 3.78. The van der Waals surface area contributed by atoms with Crippen LogP contribution in [-0.4, -0.2) is 43.1 Å². The Morgan fingerprint density at radius 1 is 1.36 bits per heavy atom. The summed E-state index contributed by atoms with van der Waals surface area (Å²) in [5, 5.41) is 4.38. The molecule has 0 saturated carbocycles. The number of benzene rings is 1. The topological polar surface area (TPSA) is 49.8 Å². The van der Waals surface area contributed by atoms with E-state index in [1.54, 1.807) is 18.4 Å². The zero-order chi connectivity index (χ0) is 15.8. The van der Waals surface area contributed by atoms with Gasteiger partial charge >= 0.3 is 0 Å². The van der Waals surface area contributed by atoms with Crippen LogP contribution >= 0.6 is 11.3 Å². The van der Waals surface area contributed by atoms with E-state index in [1.165, 1.54) is 4.88 Å². The van der Waals surface area contributed by atoms with Crippen LogP contribution in [0.5, 0.6) is 5.75 Å². The maximum Gasteiger partial charge on any atom is 0.193 e. The summed E-state index contributed by atoms with van der Waals surface area (Å²) >= 11 is 1.70. The van der Waals surface area contributed by atoms with Crippen LogP contribution in [0.2, 0.25) is 0 Å². The molecule has 2 rings (SSSR count). The highest BCUT2D eigenvalue weighted by molar-refractivity contribution is 7.11. The molecule has 22 heavy (non-hydrogen) atoms. The van der Waals surface area contributed by atoms with Gasteiger partial charge < -0.3 is 15.0 Å². The second kappa shape index (κ2) is 8.38. The number of para-hydroxylation sites is 1. The van der Waals surface area contributed by atoms with Gasteiger partial charge in [-0.1, -0.05) is 18.2 Å². The molecule has 0 atom stereocenters. The summed E-state index contributed by atoms with van der Waals surface area (Å²) in [5.41, 5.74) is 0. The van der Waals surface area contributed by atoms with E-state index in [9.17, 15) is 0 Å². The van der Waals surface area contributed by atoms with Crippen LogP contribution in [0.25, 0.3) is 0 Å². The molecular formula is C16H22N4OS. The van der Waals surface area contributed by atoms with Gasteiger partial charge in [0.15, 0.2) is 5.96 Å². The molecule has 1 N–H and O–H groups in total. The van der Waals surface area contributed by atoms with Gasteiger partial charge in [-0.3, -0.25) is 4.99 Å². The lowest BCUT2D eigenvalue weighted by molar-refractivity contribution is 0.281. The fourth-order valence-electron chi connectivity index (χ4n) is 1.95. The van der Waals surface area contributed by atoms with E-state index in [1.807, 2.05) is 48.5 Å². The molecule has 0 aliphatic carbocycles. The van der Waals surface area contributed by atoms with Gasteiger partial charge in [0.1, 0.15) is 17.4 Å². The molecule has 118 valence electrons. The monoisotopic (exact) mass is 318 g/mol. The number of likely N-dealkylation sites (N-methyl/N-ethyl adjacent to an activating group) is 1. The van der Waals surface area contributed by atoms with Crippen molar-refractivity contribution < 1.29 is 4.74 Å². The van der Waals surface area contributed by atoms with Crippen molar-refractivity contribution >= 4 is 17.3 Å². The lowest BCUT2D eigenvalue weighted by Crippen LogP contribution is -2.40. The second-order valence-corrected chi connectivity index (χ2v) is 6.17. The number of nitrogens with one attached hydrogen (secondary N) is 1. The molecule has 0 fully saturated rings. The van der Waals surface area contributed by atoms with Gasteiger partial charge in [-0.2, -0.15) is 0 Å². The van der Waals surface area contributed by atoms with Crippen molar-refractivity contribution in [3.63, 3.8) is 0 Å². The van der Waals surface area contributed by atoms with Crippen LogP contribution in [0.4, 0.5) is 0 Å². The maximum absolute atomic E-state index is 5.70. The first kappa shape index (κ1) is 16.3. The van der Waals surface area contributed by atoms with Crippen LogP contribution in [0.15, 0.2) is 41.5 Å². The highest BCUT2D eigenvalue weighted by Crippen LogP contribution is 2.10. The largest absolute Gasteiger partial charge is 0.492 e. The molecule has 6 heteroatoms. The Labute approximate surface area is 135 Å². The van der Waals surface area contributed by atoms with E-state index >= 15 is 0 Å². The quantitative estimate of drug-likeness (QED) is 0.657. The third kappa shape index (κ3) is 5.04. The first-order chi connectivity index (χ1) is 10.7. The lowest BCUT2D eigenvalue weighted by atomic mass is 10.3. The zero-order valence-electron chi connectivity index (χ0n) is 13.2. The average Bonchev–Trinajstić information content (AvgIpc) is 2.94. The first-order valence-corrected chi connectivity index (χ1v) is 8.01. The number of hydrogen-bond acceptors (Lipinski definition) is 4. The summed E-state index contributed by atoms with van der Waals surface area (Å²) in [4.78, 5) is 11.9. The number of rotatable bonds is 6. The van der Waals surface area contributed by atoms with Crippen LogP contribution in [0.3, 0.4) is 0 Å². The summed E-state index contributed by atoms with van der Waals surface area (Å²) in [5.74, 6) is 1.72. The normalized spacial score (nSPS) is 11.3. The molecule has 0 aliphatic rings. The van der Waals surface area contributed by atoms with Crippen LogP contribution in [0.1, 0.15) is 9.88 Å². The molecule has 2 aromatic rings. The summed E-state index contributed by atoms with van der Waals surface area (Å²) < 4.78 is 5.70.